The van der Waals surface area contributed by atoms with Crippen LogP contribution < -0.4 is 5.32 Å². The second kappa shape index (κ2) is 4.74. The van der Waals surface area contributed by atoms with E-state index in [1.807, 2.05) is 0 Å². The third kappa shape index (κ3) is 2.10. The van der Waals surface area contributed by atoms with Gasteiger partial charge < -0.3 is 9.47 Å². The van der Waals surface area contributed by atoms with Crippen molar-refractivity contribution >= 4 is 28.8 Å². The van der Waals surface area contributed by atoms with E-state index >= 15 is 0 Å². The van der Waals surface area contributed by atoms with Crippen LogP contribution in [0.4, 0.5) is 15.3 Å². The minimum atomic E-state index is -0.597. The number of amides is 1. The first kappa shape index (κ1) is 11.9. The molecule has 0 spiro atoms. The lowest BCUT2D eigenvalue weighted by atomic mass is 10.2. The Hall–Kier alpha value is -2.57. The van der Waals surface area contributed by atoms with Gasteiger partial charge in [-0.05, 0) is 18.2 Å². The van der Waals surface area contributed by atoms with Gasteiger partial charge >= 0.3 is 12.2 Å². The van der Waals surface area contributed by atoms with Crippen LogP contribution in [0.5, 0.6) is 0 Å². The summed E-state index contributed by atoms with van der Waals surface area (Å²) < 4.78 is 10.2. The van der Waals surface area contributed by atoms with Crippen molar-refractivity contribution in [3.63, 3.8) is 0 Å². The highest BCUT2D eigenvalue weighted by molar-refractivity contribution is 5.92. The highest BCUT2D eigenvalue weighted by Gasteiger charge is 2.11. The van der Waals surface area contributed by atoms with Crippen molar-refractivity contribution in [1.29, 1.82) is 0 Å². The van der Waals surface area contributed by atoms with Crippen molar-refractivity contribution in [1.82, 2.24) is 9.78 Å². The van der Waals surface area contributed by atoms with E-state index in [2.05, 4.69) is 19.9 Å². The number of hydrogen-bond donors (Lipinski definition) is 1. The molecule has 94 valence electrons. The summed E-state index contributed by atoms with van der Waals surface area (Å²) in [5.74, 6) is 0. The zero-order chi connectivity index (χ0) is 13.1. The Balaban J connectivity index is 2.42. The van der Waals surface area contributed by atoms with E-state index < -0.39 is 12.2 Å². The molecule has 1 heterocycles. The Morgan fingerprint density at radius 1 is 1.28 bits per heavy atom. The molecule has 1 amide bonds. The van der Waals surface area contributed by atoms with Crippen LogP contribution >= 0.6 is 0 Å². The van der Waals surface area contributed by atoms with Gasteiger partial charge in [-0.15, -0.1) is 0 Å². The van der Waals surface area contributed by atoms with Crippen LogP contribution in [-0.2, 0) is 9.47 Å². The first-order chi connectivity index (χ1) is 8.65. The third-order valence-electron chi connectivity index (χ3n) is 2.35. The van der Waals surface area contributed by atoms with Crippen molar-refractivity contribution in [2.75, 3.05) is 19.5 Å². The summed E-state index contributed by atoms with van der Waals surface area (Å²) in [7, 11) is 2.54. The second-order valence-electron chi connectivity index (χ2n) is 3.42. The van der Waals surface area contributed by atoms with Crippen molar-refractivity contribution in [2.24, 2.45) is 0 Å². The molecule has 0 aliphatic carbocycles. The number of rotatable bonds is 1. The lowest BCUT2D eigenvalue weighted by Crippen LogP contribution is -2.13. The Morgan fingerprint density at radius 3 is 2.72 bits per heavy atom. The molecule has 0 unspecified atom stereocenters. The maximum absolute atomic E-state index is 11.4. The van der Waals surface area contributed by atoms with E-state index in [1.54, 1.807) is 18.2 Å². The highest BCUT2D eigenvalue weighted by atomic mass is 16.5. The Labute approximate surface area is 102 Å². The minimum Gasteiger partial charge on any atom is -0.453 e. The zero-order valence-corrected chi connectivity index (χ0v) is 9.84. The molecule has 0 saturated heterocycles. The standard InChI is InChI=1S/C11H11N3O4/c1-17-10(15)13-8-4-3-7-6-12-14(9(7)5-8)11(16)18-2/h3-6H,1-2H3,(H,13,15). The van der Waals surface area contributed by atoms with Crippen molar-refractivity contribution in [3.05, 3.63) is 24.4 Å². The van der Waals surface area contributed by atoms with Crippen LogP contribution in [0.25, 0.3) is 10.9 Å². The second-order valence-corrected chi connectivity index (χ2v) is 3.42. The molecule has 7 nitrogen and oxygen atoms in total. The van der Waals surface area contributed by atoms with Crippen LogP contribution in [0, 0.1) is 0 Å². The predicted molar refractivity (Wildman–Crippen MR) is 63.6 cm³/mol. The largest absolute Gasteiger partial charge is 0.453 e. The summed E-state index contributed by atoms with van der Waals surface area (Å²) >= 11 is 0. The number of nitrogens with zero attached hydrogens (tertiary/aromatic N) is 2. The van der Waals surface area contributed by atoms with Gasteiger partial charge in [-0.2, -0.15) is 9.78 Å². The summed E-state index contributed by atoms with van der Waals surface area (Å²) in [5.41, 5.74) is 1.04. The minimum absolute atomic E-state index is 0.500. The molecular weight excluding hydrogens is 238 g/mol. The molecule has 2 rings (SSSR count). The van der Waals surface area contributed by atoms with Gasteiger partial charge in [0.05, 0.1) is 25.9 Å². The summed E-state index contributed by atoms with van der Waals surface area (Å²) in [6.07, 6.45) is 0.354. The van der Waals surface area contributed by atoms with Crippen LogP contribution in [0.15, 0.2) is 24.4 Å². The first-order valence-corrected chi connectivity index (χ1v) is 5.07. The summed E-state index contributed by atoms with van der Waals surface area (Å²) in [6.45, 7) is 0. The number of hydrogen-bond acceptors (Lipinski definition) is 5. The molecule has 1 N–H and O–H groups in total. The Morgan fingerprint density at radius 2 is 2.06 bits per heavy atom. The number of ether oxygens (including phenoxy) is 2. The molecule has 0 fully saturated rings. The van der Waals surface area contributed by atoms with Crippen molar-refractivity contribution in [2.45, 2.75) is 0 Å². The van der Waals surface area contributed by atoms with Gasteiger partial charge in [-0.3, -0.25) is 5.32 Å². The van der Waals surface area contributed by atoms with Gasteiger partial charge in [0, 0.05) is 11.1 Å². The SMILES string of the molecule is COC(=O)Nc1ccc2cnn(C(=O)OC)c2c1. The topological polar surface area (TPSA) is 82.5 Å². The van der Waals surface area contributed by atoms with E-state index in [0.717, 1.165) is 10.1 Å². The Bertz CT molecular complexity index is 605. The van der Waals surface area contributed by atoms with E-state index in [4.69, 9.17) is 0 Å². The molecule has 18 heavy (non-hydrogen) atoms. The molecule has 0 radical (unpaired) electrons. The number of benzene rings is 1. The van der Waals surface area contributed by atoms with Crippen molar-refractivity contribution in [3.8, 4) is 0 Å². The van der Waals surface area contributed by atoms with Gasteiger partial charge in [-0.1, -0.05) is 0 Å². The fourth-order valence-corrected chi connectivity index (χ4v) is 1.50. The van der Waals surface area contributed by atoms with E-state index in [0.29, 0.717) is 11.2 Å². The van der Waals surface area contributed by atoms with Gasteiger partial charge in [0.25, 0.3) is 0 Å². The molecule has 0 aliphatic heterocycles. The number of carbonyl (C=O) groups excluding carboxylic acids is 2. The maximum atomic E-state index is 11.4. The zero-order valence-electron chi connectivity index (χ0n) is 9.84. The average molecular weight is 249 g/mol. The molecule has 0 saturated carbocycles. The number of anilines is 1. The summed E-state index contributed by atoms with van der Waals surface area (Å²) in [4.78, 5) is 22.5. The molecule has 2 aromatic rings. The highest BCUT2D eigenvalue weighted by Crippen LogP contribution is 2.19. The molecule has 0 aliphatic rings. The molecular formula is C11H11N3O4. The smallest absolute Gasteiger partial charge is 0.434 e. The summed E-state index contributed by atoms with van der Waals surface area (Å²) in [5, 5.41) is 7.17. The number of carbonyl (C=O) groups is 2. The van der Waals surface area contributed by atoms with Crippen LogP contribution in [0.1, 0.15) is 0 Å². The molecule has 0 atom stereocenters. The number of aromatic nitrogens is 2. The molecule has 1 aromatic heterocycles. The number of methoxy groups -OCH3 is 2. The Kier molecular flexibility index (Phi) is 3.13. The number of nitrogens with one attached hydrogen (secondary N) is 1. The predicted octanol–water partition coefficient (Wildman–Crippen LogP) is 1.83. The molecule has 0 bridgehead atoms. The fraction of sp³-hybridized carbons (Fsp3) is 0.182. The number of fused-ring (bicyclic) bond motifs is 1. The van der Waals surface area contributed by atoms with Crippen molar-refractivity contribution < 1.29 is 19.1 Å². The fourth-order valence-electron chi connectivity index (χ4n) is 1.50. The van der Waals surface area contributed by atoms with Gasteiger partial charge in [0.1, 0.15) is 0 Å². The lowest BCUT2D eigenvalue weighted by molar-refractivity contribution is 0.170. The molecule has 1 aromatic carbocycles. The monoisotopic (exact) mass is 249 g/mol. The summed E-state index contributed by atoms with van der Waals surface area (Å²) in [6, 6.07) is 5.02. The average Bonchev–Trinajstić information content (AvgIpc) is 2.80. The third-order valence-corrected chi connectivity index (χ3v) is 2.35. The van der Waals surface area contributed by atoms with E-state index in [-0.39, 0.29) is 0 Å². The van der Waals surface area contributed by atoms with E-state index in [1.165, 1.54) is 20.4 Å². The van der Waals surface area contributed by atoms with Crippen LogP contribution in [0.2, 0.25) is 0 Å². The van der Waals surface area contributed by atoms with Gasteiger partial charge in [0.15, 0.2) is 0 Å². The van der Waals surface area contributed by atoms with Crippen LogP contribution in [0.3, 0.4) is 0 Å². The molecule has 7 heteroatoms. The normalized spacial score (nSPS) is 10.1. The van der Waals surface area contributed by atoms with E-state index in [9.17, 15) is 9.59 Å². The maximum Gasteiger partial charge on any atom is 0.434 e. The van der Waals surface area contributed by atoms with Crippen LogP contribution in [-0.4, -0.2) is 36.2 Å². The van der Waals surface area contributed by atoms with Gasteiger partial charge in [-0.25, -0.2) is 9.59 Å². The quantitative estimate of drug-likeness (QED) is 0.833. The van der Waals surface area contributed by atoms with Gasteiger partial charge in [0.2, 0.25) is 0 Å². The first-order valence-electron chi connectivity index (χ1n) is 5.07. The lowest BCUT2D eigenvalue weighted by Gasteiger charge is -2.04.